The number of nitro benzene ring substituents is 1. The summed E-state index contributed by atoms with van der Waals surface area (Å²) in [6.45, 7) is 1.72. The molecule has 0 radical (unpaired) electrons. The van der Waals surface area contributed by atoms with E-state index in [1.54, 1.807) is 12.1 Å². The molecular weight excluding hydrogens is 312 g/mol. The number of benzene rings is 1. The minimum atomic E-state index is -0.498. The number of non-ortho nitro benzene ring substituents is 1. The van der Waals surface area contributed by atoms with Crippen LogP contribution in [0.25, 0.3) is 0 Å². The Hall–Kier alpha value is -2.66. The number of nitro groups is 1. The summed E-state index contributed by atoms with van der Waals surface area (Å²) in [4.78, 5) is 22.0. The molecular formula is C16H20N4O4. The van der Waals surface area contributed by atoms with Crippen LogP contribution in [0.5, 0.6) is 0 Å². The number of rotatable bonds is 8. The average molecular weight is 332 g/mol. The van der Waals surface area contributed by atoms with Crippen molar-refractivity contribution in [1.82, 2.24) is 5.32 Å². The van der Waals surface area contributed by atoms with Crippen molar-refractivity contribution in [1.29, 1.82) is 5.26 Å². The van der Waals surface area contributed by atoms with Gasteiger partial charge in [-0.05, 0) is 25.0 Å². The first kappa shape index (κ1) is 17.7. The zero-order chi connectivity index (χ0) is 17.4. The first-order valence-electron chi connectivity index (χ1n) is 7.85. The molecule has 0 unspecified atom stereocenters. The van der Waals surface area contributed by atoms with Gasteiger partial charge in [0.1, 0.15) is 6.04 Å². The Morgan fingerprint density at radius 1 is 1.46 bits per heavy atom. The first-order valence-corrected chi connectivity index (χ1v) is 7.85. The van der Waals surface area contributed by atoms with Crippen LogP contribution in [0.1, 0.15) is 19.3 Å². The lowest BCUT2D eigenvalue weighted by Gasteiger charge is -2.16. The van der Waals surface area contributed by atoms with Gasteiger partial charge in [-0.1, -0.05) is 0 Å². The molecule has 1 aromatic rings. The van der Waals surface area contributed by atoms with E-state index in [2.05, 4.69) is 16.7 Å². The summed E-state index contributed by atoms with van der Waals surface area (Å²) in [6, 6.07) is 7.74. The number of amides is 1. The molecule has 2 atom stereocenters. The highest BCUT2D eigenvalue weighted by Gasteiger charge is 2.26. The Balaban J connectivity index is 1.67. The second kappa shape index (κ2) is 8.84. The number of ether oxygens (including phenoxy) is 1. The van der Waals surface area contributed by atoms with Crippen LogP contribution in [0.15, 0.2) is 24.3 Å². The minimum Gasteiger partial charge on any atom is -0.385 e. The molecule has 1 amide bonds. The van der Waals surface area contributed by atoms with Crippen molar-refractivity contribution < 1.29 is 14.5 Å². The van der Waals surface area contributed by atoms with Crippen molar-refractivity contribution in [2.45, 2.75) is 25.3 Å². The van der Waals surface area contributed by atoms with E-state index < -0.39 is 11.0 Å². The molecule has 8 nitrogen and oxygen atoms in total. The van der Waals surface area contributed by atoms with Gasteiger partial charge < -0.3 is 15.4 Å². The molecule has 0 spiro atoms. The van der Waals surface area contributed by atoms with Crippen molar-refractivity contribution in [3.8, 4) is 6.07 Å². The van der Waals surface area contributed by atoms with Crippen LogP contribution in [0.2, 0.25) is 0 Å². The Kier molecular flexibility index (Phi) is 6.51. The fourth-order valence-corrected chi connectivity index (χ4v) is 2.50. The molecule has 0 aliphatic carbocycles. The molecule has 0 saturated carbocycles. The summed E-state index contributed by atoms with van der Waals surface area (Å²) in [6.07, 6.45) is 1.70. The normalized spacial score (nSPS) is 17.7. The Labute approximate surface area is 139 Å². The number of nitrogens with one attached hydrogen (secondary N) is 2. The van der Waals surface area contributed by atoms with Crippen LogP contribution < -0.4 is 10.6 Å². The number of carbonyl (C=O) groups excluding carboxylic acids is 1. The smallest absolute Gasteiger partial charge is 0.269 e. The van der Waals surface area contributed by atoms with Crippen molar-refractivity contribution in [3.63, 3.8) is 0 Å². The highest BCUT2D eigenvalue weighted by atomic mass is 16.6. The van der Waals surface area contributed by atoms with E-state index in [0.717, 1.165) is 12.1 Å². The molecule has 8 heteroatoms. The van der Waals surface area contributed by atoms with E-state index in [4.69, 9.17) is 10.00 Å². The van der Waals surface area contributed by atoms with Crippen LogP contribution in [0, 0.1) is 27.4 Å². The van der Waals surface area contributed by atoms with E-state index in [1.807, 2.05) is 0 Å². The standard InChI is InChI=1S/C16H20N4O4/c17-10-15(12-7-9-24-11-12)19-16(21)2-1-8-18-13-3-5-14(6-4-13)20(22)23/h3-6,12,15,18H,1-2,7-9,11H2,(H,19,21)/t12-,15-/m1/s1. The molecule has 1 aromatic carbocycles. The molecule has 24 heavy (non-hydrogen) atoms. The van der Waals surface area contributed by atoms with Gasteiger partial charge in [-0.15, -0.1) is 0 Å². The van der Waals surface area contributed by atoms with Gasteiger partial charge in [-0.3, -0.25) is 14.9 Å². The summed E-state index contributed by atoms with van der Waals surface area (Å²) in [5, 5.41) is 25.5. The number of hydrogen-bond acceptors (Lipinski definition) is 6. The van der Waals surface area contributed by atoms with Gasteiger partial charge in [0.05, 0.1) is 17.6 Å². The van der Waals surface area contributed by atoms with E-state index in [1.165, 1.54) is 12.1 Å². The number of nitriles is 1. The van der Waals surface area contributed by atoms with E-state index >= 15 is 0 Å². The summed E-state index contributed by atoms with van der Waals surface area (Å²) in [5.41, 5.74) is 0.803. The lowest BCUT2D eigenvalue weighted by Crippen LogP contribution is -2.39. The molecule has 2 rings (SSSR count). The maximum atomic E-state index is 11.9. The molecule has 1 aliphatic heterocycles. The minimum absolute atomic E-state index is 0.0402. The lowest BCUT2D eigenvalue weighted by molar-refractivity contribution is -0.384. The predicted octanol–water partition coefficient (Wildman–Crippen LogP) is 1.83. The number of anilines is 1. The Morgan fingerprint density at radius 3 is 2.79 bits per heavy atom. The number of nitrogens with zero attached hydrogens (tertiary/aromatic N) is 2. The molecule has 1 saturated heterocycles. The second-order valence-electron chi connectivity index (χ2n) is 5.63. The van der Waals surface area contributed by atoms with Crippen molar-refractivity contribution in [3.05, 3.63) is 34.4 Å². The third-order valence-electron chi connectivity index (χ3n) is 3.88. The molecule has 1 heterocycles. The zero-order valence-corrected chi connectivity index (χ0v) is 13.2. The number of carbonyl (C=O) groups is 1. The van der Waals surface area contributed by atoms with Gasteiger partial charge in [0.2, 0.25) is 5.91 Å². The molecule has 1 fully saturated rings. The van der Waals surface area contributed by atoms with Gasteiger partial charge in [0.25, 0.3) is 5.69 Å². The first-order chi connectivity index (χ1) is 11.6. The molecule has 1 aliphatic rings. The molecule has 0 bridgehead atoms. The third kappa shape index (κ3) is 5.21. The Bertz CT molecular complexity index is 605. The highest BCUT2D eigenvalue weighted by molar-refractivity contribution is 5.76. The van der Waals surface area contributed by atoms with Crippen molar-refractivity contribution >= 4 is 17.3 Å². The van der Waals surface area contributed by atoms with Crippen LogP contribution >= 0.6 is 0 Å². The van der Waals surface area contributed by atoms with Crippen LogP contribution in [0.4, 0.5) is 11.4 Å². The summed E-state index contributed by atoms with van der Waals surface area (Å²) >= 11 is 0. The number of hydrogen-bond donors (Lipinski definition) is 2. The maximum Gasteiger partial charge on any atom is 0.269 e. The van der Waals surface area contributed by atoms with Gasteiger partial charge in [0, 0.05) is 43.3 Å². The maximum absolute atomic E-state index is 11.9. The van der Waals surface area contributed by atoms with E-state index in [9.17, 15) is 14.9 Å². The average Bonchev–Trinajstić information content (AvgIpc) is 3.11. The van der Waals surface area contributed by atoms with Crippen LogP contribution in [0.3, 0.4) is 0 Å². The van der Waals surface area contributed by atoms with Gasteiger partial charge in [-0.25, -0.2) is 0 Å². The molecule has 2 N–H and O–H groups in total. The van der Waals surface area contributed by atoms with Gasteiger partial charge in [-0.2, -0.15) is 5.26 Å². The quantitative estimate of drug-likeness (QED) is 0.426. The van der Waals surface area contributed by atoms with Gasteiger partial charge in [0.15, 0.2) is 0 Å². The Morgan fingerprint density at radius 2 is 2.21 bits per heavy atom. The largest absolute Gasteiger partial charge is 0.385 e. The van der Waals surface area contributed by atoms with Gasteiger partial charge >= 0.3 is 0 Å². The van der Waals surface area contributed by atoms with Crippen molar-refractivity contribution in [2.24, 2.45) is 5.92 Å². The van der Waals surface area contributed by atoms with Crippen LogP contribution in [-0.2, 0) is 9.53 Å². The zero-order valence-electron chi connectivity index (χ0n) is 13.2. The monoisotopic (exact) mass is 332 g/mol. The SMILES string of the molecule is N#C[C@@H](NC(=O)CCCNc1ccc([N+](=O)[O-])cc1)[C@@H]1CCOC1. The van der Waals surface area contributed by atoms with E-state index in [0.29, 0.717) is 32.6 Å². The highest BCUT2D eigenvalue weighted by Crippen LogP contribution is 2.17. The molecule has 0 aromatic heterocycles. The third-order valence-corrected chi connectivity index (χ3v) is 3.88. The topological polar surface area (TPSA) is 117 Å². The van der Waals surface area contributed by atoms with E-state index in [-0.39, 0.29) is 17.5 Å². The fraction of sp³-hybridized carbons (Fsp3) is 0.500. The summed E-state index contributed by atoms with van der Waals surface area (Å²) in [7, 11) is 0. The molecule has 128 valence electrons. The lowest BCUT2D eigenvalue weighted by atomic mass is 10.00. The van der Waals surface area contributed by atoms with Crippen LogP contribution in [-0.4, -0.2) is 36.6 Å². The predicted molar refractivity (Wildman–Crippen MR) is 87.3 cm³/mol. The summed E-state index contributed by atoms with van der Waals surface area (Å²) in [5.74, 6) is -0.0869. The fourth-order valence-electron chi connectivity index (χ4n) is 2.50. The second-order valence-corrected chi connectivity index (χ2v) is 5.63. The van der Waals surface area contributed by atoms with Crippen molar-refractivity contribution in [2.75, 3.05) is 25.1 Å². The summed E-state index contributed by atoms with van der Waals surface area (Å²) < 4.78 is 5.24.